The van der Waals surface area contributed by atoms with E-state index in [2.05, 4.69) is 16.1 Å². The highest BCUT2D eigenvalue weighted by Gasteiger charge is 2.10. The molecule has 0 unspecified atom stereocenters. The van der Waals surface area contributed by atoms with Crippen molar-refractivity contribution >= 4 is 17.9 Å². The first-order valence-electron chi connectivity index (χ1n) is 3.84. The Bertz CT molecular complexity index is 261. The van der Waals surface area contributed by atoms with Gasteiger partial charge in [-0.3, -0.25) is 4.79 Å². The van der Waals surface area contributed by atoms with Gasteiger partial charge in [-0.25, -0.2) is 9.59 Å². The van der Waals surface area contributed by atoms with Crippen molar-refractivity contribution < 1.29 is 23.9 Å². The third-order valence-corrected chi connectivity index (χ3v) is 1.06. The zero-order chi connectivity index (χ0) is 11.0. The van der Waals surface area contributed by atoms with E-state index < -0.39 is 11.9 Å². The molecule has 0 bridgehead atoms. The molecule has 0 aromatic heterocycles. The van der Waals surface area contributed by atoms with Crippen LogP contribution >= 0.6 is 0 Å². The molecule has 0 atom stereocenters. The van der Waals surface area contributed by atoms with Crippen molar-refractivity contribution in [2.45, 2.75) is 13.3 Å². The van der Waals surface area contributed by atoms with Crippen molar-refractivity contribution in [3.8, 4) is 0 Å². The van der Waals surface area contributed by atoms with Crippen molar-refractivity contribution in [2.75, 3.05) is 0 Å². The SMILES string of the molecule is C=COC(=O)CC.O=C1C=CC(=O)O1. The van der Waals surface area contributed by atoms with Crippen LogP contribution in [-0.2, 0) is 23.9 Å². The van der Waals surface area contributed by atoms with Crippen LogP contribution in [0.15, 0.2) is 25.0 Å². The van der Waals surface area contributed by atoms with E-state index in [-0.39, 0.29) is 5.97 Å². The summed E-state index contributed by atoms with van der Waals surface area (Å²) in [5.41, 5.74) is 0. The Labute approximate surface area is 81.0 Å². The molecule has 0 N–H and O–H groups in total. The lowest BCUT2D eigenvalue weighted by molar-refractivity contribution is -0.150. The zero-order valence-electron chi connectivity index (χ0n) is 7.69. The maximum absolute atomic E-state index is 10.1. The van der Waals surface area contributed by atoms with Crippen LogP contribution in [0.3, 0.4) is 0 Å². The molecular formula is C9H10O5. The van der Waals surface area contributed by atoms with Crippen molar-refractivity contribution in [1.82, 2.24) is 0 Å². The van der Waals surface area contributed by atoms with Gasteiger partial charge in [-0.2, -0.15) is 0 Å². The van der Waals surface area contributed by atoms with Crippen LogP contribution in [0.1, 0.15) is 13.3 Å². The number of rotatable bonds is 2. The van der Waals surface area contributed by atoms with Gasteiger partial charge in [0.1, 0.15) is 0 Å². The standard InChI is InChI=1S/C5H8O2.C4H2O3/c1-3-5(6)7-4-2;5-3-1-2-4(6)7-3/h4H,2-3H2,1H3;1-2H. The number of esters is 3. The maximum atomic E-state index is 10.1. The highest BCUT2D eigenvalue weighted by atomic mass is 16.6. The molecule has 5 heteroatoms. The molecule has 0 amide bonds. The van der Waals surface area contributed by atoms with Gasteiger partial charge in [0.2, 0.25) is 0 Å². The van der Waals surface area contributed by atoms with Crippen LogP contribution in [0.5, 0.6) is 0 Å². The summed E-state index contributed by atoms with van der Waals surface area (Å²) in [6.07, 6.45) is 3.71. The molecule has 0 aromatic carbocycles. The van der Waals surface area contributed by atoms with Crippen LogP contribution in [0, 0.1) is 0 Å². The monoisotopic (exact) mass is 198 g/mol. The highest BCUT2D eigenvalue weighted by molar-refractivity contribution is 6.04. The minimum atomic E-state index is -0.579. The first-order valence-corrected chi connectivity index (χ1v) is 3.84. The predicted octanol–water partition coefficient (Wildman–Crippen LogP) is 0.709. The molecule has 0 spiro atoms. The number of carbonyl (C=O) groups is 3. The minimum Gasteiger partial charge on any atom is -0.435 e. The average Bonchev–Trinajstić information content (AvgIpc) is 2.51. The minimum absolute atomic E-state index is 0.241. The molecular weight excluding hydrogens is 188 g/mol. The van der Waals surface area contributed by atoms with Crippen LogP contribution in [0.2, 0.25) is 0 Å². The second-order valence-corrected chi connectivity index (χ2v) is 2.08. The predicted molar refractivity (Wildman–Crippen MR) is 46.8 cm³/mol. The van der Waals surface area contributed by atoms with Crippen LogP contribution in [0.25, 0.3) is 0 Å². The molecule has 1 aliphatic heterocycles. The summed E-state index contributed by atoms with van der Waals surface area (Å²) >= 11 is 0. The first-order chi connectivity index (χ1) is 6.60. The van der Waals surface area contributed by atoms with E-state index in [0.29, 0.717) is 6.42 Å². The van der Waals surface area contributed by atoms with E-state index in [1.54, 1.807) is 6.92 Å². The van der Waals surface area contributed by atoms with E-state index in [4.69, 9.17) is 0 Å². The fourth-order valence-corrected chi connectivity index (χ4v) is 0.480. The van der Waals surface area contributed by atoms with E-state index in [1.807, 2.05) is 0 Å². The van der Waals surface area contributed by atoms with E-state index in [0.717, 1.165) is 18.4 Å². The molecule has 0 fully saturated rings. The number of hydrogen-bond acceptors (Lipinski definition) is 5. The fraction of sp³-hybridized carbons (Fsp3) is 0.222. The topological polar surface area (TPSA) is 69.7 Å². The van der Waals surface area contributed by atoms with Crippen LogP contribution in [0.4, 0.5) is 0 Å². The second-order valence-electron chi connectivity index (χ2n) is 2.08. The normalized spacial score (nSPS) is 12.6. The molecule has 1 rings (SSSR count). The summed E-state index contributed by atoms with van der Waals surface area (Å²) in [5, 5.41) is 0. The van der Waals surface area contributed by atoms with Gasteiger partial charge < -0.3 is 9.47 Å². The van der Waals surface area contributed by atoms with E-state index >= 15 is 0 Å². The Hall–Kier alpha value is -1.91. The number of hydrogen-bond donors (Lipinski definition) is 0. The smallest absolute Gasteiger partial charge is 0.338 e. The van der Waals surface area contributed by atoms with Crippen molar-refractivity contribution in [3.63, 3.8) is 0 Å². The molecule has 1 aliphatic rings. The number of cyclic esters (lactones) is 2. The lowest BCUT2D eigenvalue weighted by atomic mass is 10.5. The largest absolute Gasteiger partial charge is 0.435 e. The molecule has 0 saturated carbocycles. The number of ether oxygens (including phenoxy) is 2. The van der Waals surface area contributed by atoms with E-state index in [1.165, 1.54) is 0 Å². The van der Waals surface area contributed by atoms with Crippen LogP contribution in [-0.4, -0.2) is 17.9 Å². The lowest BCUT2D eigenvalue weighted by Gasteiger charge is -1.88. The van der Waals surface area contributed by atoms with E-state index in [9.17, 15) is 14.4 Å². The Morgan fingerprint density at radius 2 is 2.00 bits per heavy atom. The maximum Gasteiger partial charge on any atom is 0.338 e. The lowest BCUT2D eigenvalue weighted by Crippen LogP contribution is -1.96. The van der Waals surface area contributed by atoms with Gasteiger partial charge in [0, 0.05) is 18.6 Å². The third kappa shape index (κ3) is 5.70. The summed E-state index contributed by atoms with van der Waals surface area (Å²) in [6.45, 7) is 4.93. The molecule has 0 saturated heterocycles. The Kier molecular flexibility index (Phi) is 5.69. The average molecular weight is 198 g/mol. The molecule has 14 heavy (non-hydrogen) atoms. The summed E-state index contributed by atoms with van der Waals surface area (Å²) in [6, 6.07) is 0. The van der Waals surface area contributed by atoms with Gasteiger partial charge >= 0.3 is 17.9 Å². The molecule has 5 nitrogen and oxygen atoms in total. The number of carbonyl (C=O) groups excluding carboxylic acids is 3. The van der Waals surface area contributed by atoms with Gasteiger partial charge in [0.05, 0.1) is 6.26 Å². The first kappa shape index (κ1) is 12.1. The summed E-state index contributed by atoms with van der Waals surface area (Å²) < 4.78 is 8.29. The van der Waals surface area contributed by atoms with Crippen molar-refractivity contribution in [1.29, 1.82) is 0 Å². The third-order valence-electron chi connectivity index (χ3n) is 1.06. The van der Waals surface area contributed by atoms with Gasteiger partial charge in [0.15, 0.2) is 0 Å². The molecule has 1 heterocycles. The quantitative estimate of drug-likeness (QED) is 0.371. The van der Waals surface area contributed by atoms with Gasteiger partial charge in [-0.1, -0.05) is 13.5 Å². The van der Waals surface area contributed by atoms with Crippen molar-refractivity contribution in [3.05, 3.63) is 25.0 Å². The highest BCUT2D eigenvalue weighted by Crippen LogP contribution is 1.92. The Morgan fingerprint density at radius 1 is 1.50 bits per heavy atom. The van der Waals surface area contributed by atoms with Crippen LogP contribution < -0.4 is 0 Å². The summed E-state index contributed by atoms with van der Waals surface area (Å²) in [5.74, 6) is -1.40. The van der Waals surface area contributed by atoms with Gasteiger partial charge in [0.25, 0.3) is 0 Å². The molecule has 0 aromatic rings. The summed E-state index contributed by atoms with van der Waals surface area (Å²) in [4.78, 5) is 30.0. The zero-order valence-corrected chi connectivity index (χ0v) is 7.69. The Morgan fingerprint density at radius 3 is 2.14 bits per heavy atom. The second kappa shape index (κ2) is 6.59. The Balaban J connectivity index is 0.000000241. The molecule has 0 radical (unpaired) electrons. The molecule has 0 aliphatic carbocycles. The fourth-order valence-electron chi connectivity index (χ4n) is 0.480. The van der Waals surface area contributed by atoms with Gasteiger partial charge in [-0.15, -0.1) is 0 Å². The molecule has 76 valence electrons. The summed E-state index contributed by atoms with van der Waals surface area (Å²) in [7, 11) is 0. The van der Waals surface area contributed by atoms with Gasteiger partial charge in [-0.05, 0) is 0 Å². The van der Waals surface area contributed by atoms with Crippen molar-refractivity contribution in [2.24, 2.45) is 0 Å².